The summed E-state index contributed by atoms with van der Waals surface area (Å²) in [6, 6.07) is 0. The Balaban J connectivity index is 1.29. The number of aliphatic hydroxyl groups is 1. The van der Waals surface area contributed by atoms with E-state index in [-0.39, 0.29) is 63.3 Å². The van der Waals surface area contributed by atoms with E-state index in [1.54, 1.807) is 0 Å². The fourth-order valence-corrected chi connectivity index (χ4v) is 12.8. The van der Waals surface area contributed by atoms with E-state index in [0.717, 1.165) is 38.5 Å². The van der Waals surface area contributed by atoms with Gasteiger partial charge in [-0.2, -0.15) is 0 Å². The molecule has 1 heterocycles. The van der Waals surface area contributed by atoms with E-state index in [9.17, 15) is 14.7 Å². The van der Waals surface area contributed by atoms with Crippen LogP contribution in [0.25, 0.3) is 0 Å². The van der Waals surface area contributed by atoms with Crippen LogP contribution in [0.15, 0.2) is 0 Å². The predicted molar refractivity (Wildman–Crippen MR) is 159 cm³/mol. The van der Waals surface area contributed by atoms with Gasteiger partial charge in [-0.05, 0) is 104 Å². The molecule has 0 aromatic rings. The number of carbonyl (C=O) groups excluding carboxylic acids is 2. The van der Waals surface area contributed by atoms with Gasteiger partial charge in [0.05, 0.1) is 18.3 Å². The third-order valence-electron chi connectivity index (χ3n) is 14.6. The Morgan fingerprint density at radius 3 is 2.36 bits per heavy atom. The van der Waals surface area contributed by atoms with E-state index in [1.165, 1.54) is 12.8 Å². The number of amides is 2. The highest BCUT2D eigenvalue weighted by Gasteiger charge is 2.84. The highest BCUT2D eigenvalue weighted by molar-refractivity contribution is 5.67. The second kappa shape index (κ2) is 9.73. The van der Waals surface area contributed by atoms with E-state index in [1.807, 2.05) is 6.92 Å². The molecule has 1 aliphatic heterocycles. The first-order valence-electron chi connectivity index (χ1n) is 16.8. The summed E-state index contributed by atoms with van der Waals surface area (Å²) < 4.78 is 18.5. The molecule has 2 amide bonds. The number of nitrogens with one attached hydrogen (secondary N) is 1. The highest BCUT2D eigenvalue weighted by Crippen LogP contribution is 2.89. The molecular weight excluding hydrogens is 532 g/mol. The molecule has 5 saturated carbocycles. The van der Waals surface area contributed by atoms with Gasteiger partial charge in [-0.25, -0.2) is 9.59 Å². The lowest BCUT2D eigenvalue weighted by Crippen LogP contribution is -2.60. The van der Waals surface area contributed by atoms with Gasteiger partial charge < -0.3 is 30.4 Å². The van der Waals surface area contributed by atoms with E-state index < -0.39 is 18.3 Å². The van der Waals surface area contributed by atoms with Crippen LogP contribution < -0.4 is 11.1 Å². The van der Waals surface area contributed by atoms with Crippen LogP contribution in [-0.4, -0.2) is 54.4 Å². The normalized spacial score (nSPS) is 50.7. The zero-order chi connectivity index (χ0) is 30.6. The molecule has 5 aliphatic carbocycles. The molecule has 0 aromatic carbocycles. The van der Waals surface area contributed by atoms with Crippen molar-refractivity contribution in [1.29, 1.82) is 0 Å². The fraction of sp³-hybridized carbons (Fsp3) is 0.941. The Kier molecular flexibility index (Phi) is 7.06. The minimum atomic E-state index is -0.663. The summed E-state index contributed by atoms with van der Waals surface area (Å²) in [5.74, 6) is 1.66. The smallest absolute Gasteiger partial charge is 0.407 e. The lowest BCUT2D eigenvalue weighted by atomic mass is 9.41. The molecule has 13 atom stereocenters. The van der Waals surface area contributed by atoms with Crippen molar-refractivity contribution in [3.63, 3.8) is 0 Å². The standard InChI is InChI=1S/C34H56N2O6/c1-9-36-29(39)42-25(18(2)3)20-16-19(4)24-26(40-20)27(37)32(8)22-11-10-21-30(5,6)23(41-28(35)38)12-13-33(21)17-34(22,33)15-14-31(24,32)7/h18-27,37H,9-17H2,1-8H3,(H2,35,38)(H,36,39)/t19-,20-,21+,22+,23+,24+,25-,26+,27+,31-,32-,33-,34+/m1/s1. The second-order valence-electron chi connectivity index (χ2n) is 16.6. The SMILES string of the molecule is CCNC(=O)O[C@H](C(C)C)[C@H]1C[C@@H](C)[C@H]2[C@H](O1)[C@H](O)[C@@]1(C)[C@@H]3CC[C@H]4C(C)(C)[C@@H](OC(N)=O)CC[C@@]45C[C@@]35CC[C@]21C. The number of carbonyl (C=O) groups is 2. The van der Waals surface area contributed by atoms with Gasteiger partial charge in [0.2, 0.25) is 0 Å². The topological polar surface area (TPSA) is 120 Å². The summed E-state index contributed by atoms with van der Waals surface area (Å²) in [5.41, 5.74) is 5.58. The van der Waals surface area contributed by atoms with Crippen LogP contribution in [0.5, 0.6) is 0 Å². The summed E-state index contributed by atoms with van der Waals surface area (Å²) >= 11 is 0. The van der Waals surface area contributed by atoms with Crippen LogP contribution in [0, 0.1) is 56.7 Å². The van der Waals surface area contributed by atoms with Crippen LogP contribution in [-0.2, 0) is 14.2 Å². The maximum atomic E-state index is 12.5. The molecule has 6 aliphatic rings. The number of hydrogen-bond donors (Lipinski definition) is 3. The zero-order valence-corrected chi connectivity index (χ0v) is 27.2. The molecular formula is C34H56N2O6. The Bertz CT molecular complexity index is 1110. The van der Waals surface area contributed by atoms with Crippen molar-refractivity contribution in [2.75, 3.05) is 6.54 Å². The van der Waals surface area contributed by atoms with Crippen molar-refractivity contribution in [2.24, 2.45) is 62.4 Å². The number of fused-ring (bicyclic) bond motifs is 4. The van der Waals surface area contributed by atoms with Crippen LogP contribution in [0.4, 0.5) is 9.59 Å². The lowest BCUT2D eigenvalue weighted by molar-refractivity contribution is -0.184. The molecule has 0 aromatic heterocycles. The molecule has 6 fully saturated rings. The maximum Gasteiger partial charge on any atom is 0.407 e. The average molecular weight is 589 g/mol. The van der Waals surface area contributed by atoms with Crippen molar-refractivity contribution in [3.8, 4) is 0 Å². The number of rotatable bonds is 5. The molecule has 8 heteroatoms. The summed E-state index contributed by atoms with van der Waals surface area (Å²) in [7, 11) is 0. The minimum absolute atomic E-state index is 0.0242. The zero-order valence-electron chi connectivity index (χ0n) is 27.2. The molecule has 0 radical (unpaired) electrons. The molecule has 238 valence electrons. The third-order valence-corrected chi connectivity index (χ3v) is 14.6. The molecule has 42 heavy (non-hydrogen) atoms. The van der Waals surface area contributed by atoms with Gasteiger partial charge in [0, 0.05) is 17.4 Å². The fourth-order valence-electron chi connectivity index (χ4n) is 12.8. The number of ether oxygens (including phenoxy) is 3. The van der Waals surface area contributed by atoms with Crippen LogP contribution >= 0.6 is 0 Å². The molecule has 0 unspecified atom stereocenters. The van der Waals surface area contributed by atoms with E-state index in [4.69, 9.17) is 19.9 Å². The third kappa shape index (κ3) is 3.78. The van der Waals surface area contributed by atoms with Crippen molar-refractivity contribution < 1.29 is 28.9 Å². The molecule has 4 N–H and O–H groups in total. The van der Waals surface area contributed by atoms with E-state index in [0.29, 0.717) is 24.3 Å². The van der Waals surface area contributed by atoms with Gasteiger partial charge in [0.25, 0.3) is 0 Å². The number of nitrogens with two attached hydrogens (primary N) is 1. The summed E-state index contributed by atoms with van der Waals surface area (Å²) in [5, 5.41) is 15.2. The summed E-state index contributed by atoms with van der Waals surface area (Å²) in [6.07, 6.45) is 5.91. The van der Waals surface area contributed by atoms with Crippen molar-refractivity contribution >= 4 is 12.2 Å². The van der Waals surface area contributed by atoms with Crippen molar-refractivity contribution in [1.82, 2.24) is 5.32 Å². The van der Waals surface area contributed by atoms with Crippen LogP contribution in [0.2, 0.25) is 0 Å². The Morgan fingerprint density at radius 1 is 1.05 bits per heavy atom. The molecule has 0 bridgehead atoms. The Labute approximate surface area is 252 Å². The van der Waals surface area contributed by atoms with Gasteiger partial charge in [0.1, 0.15) is 12.2 Å². The van der Waals surface area contributed by atoms with Gasteiger partial charge in [-0.15, -0.1) is 0 Å². The Morgan fingerprint density at radius 2 is 1.71 bits per heavy atom. The quantitative estimate of drug-likeness (QED) is 0.361. The molecule has 8 nitrogen and oxygen atoms in total. The van der Waals surface area contributed by atoms with Gasteiger partial charge in [0.15, 0.2) is 0 Å². The first-order valence-corrected chi connectivity index (χ1v) is 16.8. The van der Waals surface area contributed by atoms with Gasteiger partial charge >= 0.3 is 12.2 Å². The van der Waals surface area contributed by atoms with Gasteiger partial charge in [-0.1, -0.05) is 48.5 Å². The first-order chi connectivity index (χ1) is 19.6. The largest absolute Gasteiger partial charge is 0.446 e. The minimum Gasteiger partial charge on any atom is -0.446 e. The number of aliphatic hydroxyl groups excluding tert-OH is 1. The molecule has 2 spiro atoms. The summed E-state index contributed by atoms with van der Waals surface area (Å²) in [6.45, 7) is 18.3. The number of alkyl carbamates (subject to hydrolysis) is 1. The molecule has 1 saturated heterocycles. The summed E-state index contributed by atoms with van der Waals surface area (Å²) in [4.78, 5) is 24.2. The van der Waals surface area contributed by atoms with Crippen molar-refractivity contribution in [3.05, 3.63) is 0 Å². The Hall–Kier alpha value is -1.54. The monoisotopic (exact) mass is 588 g/mol. The van der Waals surface area contributed by atoms with E-state index in [2.05, 4.69) is 53.8 Å². The van der Waals surface area contributed by atoms with Crippen LogP contribution in [0.3, 0.4) is 0 Å². The molecule has 6 rings (SSSR count). The van der Waals surface area contributed by atoms with Crippen LogP contribution in [0.1, 0.15) is 107 Å². The van der Waals surface area contributed by atoms with Crippen molar-refractivity contribution in [2.45, 2.75) is 137 Å². The first kappa shape index (κ1) is 30.5. The van der Waals surface area contributed by atoms with E-state index >= 15 is 0 Å². The number of primary amides is 1. The second-order valence-corrected chi connectivity index (χ2v) is 16.6. The highest BCUT2D eigenvalue weighted by atomic mass is 16.6. The number of hydrogen-bond acceptors (Lipinski definition) is 6. The maximum absolute atomic E-state index is 12.5. The predicted octanol–water partition coefficient (Wildman–Crippen LogP) is 6.03. The van der Waals surface area contributed by atoms with Gasteiger partial charge in [-0.3, -0.25) is 0 Å². The average Bonchev–Trinajstić information content (AvgIpc) is 3.53. The lowest BCUT2D eigenvalue weighted by Gasteiger charge is -2.63.